The first-order chi connectivity index (χ1) is 10.5. The summed E-state index contributed by atoms with van der Waals surface area (Å²) in [6, 6.07) is 13.5. The van der Waals surface area contributed by atoms with Gasteiger partial charge in [0.25, 0.3) is 5.69 Å². The van der Waals surface area contributed by atoms with Gasteiger partial charge in [0.2, 0.25) is 0 Å². The third-order valence-electron chi connectivity index (χ3n) is 3.54. The molecule has 1 N–H and O–H groups in total. The average molecular weight is 300 g/mol. The van der Waals surface area contributed by atoms with E-state index >= 15 is 0 Å². The molecule has 1 unspecified atom stereocenters. The van der Waals surface area contributed by atoms with E-state index in [1.54, 1.807) is 13.0 Å². The van der Waals surface area contributed by atoms with Crippen LogP contribution in [0.1, 0.15) is 17.3 Å². The Bertz CT molecular complexity index is 644. The largest absolute Gasteiger partial charge is 0.368 e. The molecule has 0 aliphatic carbocycles. The van der Waals surface area contributed by atoms with Crippen molar-refractivity contribution in [3.8, 4) is 0 Å². The number of rotatable bonds is 6. The second kappa shape index (κ2) is 7.00. The molecule has 6 heteroatoms. The summed E-state index contributed by atoms with van der Waals surface area (Å²) in [5.41, 5.74) is 1.66. The lowest BCUT2D eigenvalue weighted by molar-refractivity contribution is -0.385. The molecule has 1 heterocycles. The van der Waals surface area contributed by atoms with E-state index in [-0.39, 0.29) is 11.7 Å². The number of pyridine rings is 1. The van der Waals surface area contributed by atoms with Gasteiger partial charge in [-0.05, 0) is 32.6 Å². The summed E-state index contributed by atoms with van der Waals surface area (Å²) in [6.45, 7) is 2.31. The van der Waals surface area contributed by atoms with Crippen LogP contribution in [0, 0.1) is 17.0 Å². The molecule has 0 aliphatic heterocycles. The SMILES string of the molecule is Cc1nc(NCC(c2ccccc2)N(C)C)ccc1[N+](=O)[O-]. The fraction of sp³-hybridized carbons (Fsp3) is 0.312. The molecule has 0 fully saturated rings. The maximum Gasteiger partial charge on any atom is 0.290 e. The van der Waals surface area contributed by atoms with Crippen molar-refractivity contribution in [2.45, 2.75) is 13.0 Å². The van der Waals surface area contributed by atoms with Crippen LogP contribution in [0.25, 0.3) is 0 Å². The molecule has 2 aromatic rings. The van der Waals surface area contributed by atoms with Gasteiger partial charge in [0, 0.05) is 12.6 Å². The Labute approximate surface area is 129 Å². The highest BCUT2D eigenvalue weighted by Crippen LogP contribution is 2.21. The molecule has 0 saturated carbocycles. The molecule has 0 saturated heterocycles. The van der Waals surface area contributed by atoms with Gasteiger partial charge >= 0.3 is 0 Å². The highest BCUT2D eigenvalue weighted by Gasteiger charge is 2.15. The molecule has 116 valence electrons. The second-order valence-corrected chi connectivity index (χ2v) is 5.33. The Kier molecular flexibility index (Phi) is 5.06. The van der Waals surface area contributed by atoms with Gasteiger partial charge in [-0.25, -0.2) is 4.98 Å². The minimum Gasteiger partial charge on any atom is -0.368 e. The summed E-state index contributed by atoms with van der Waals surface area (Å²) in [5, 5.41) is 14.1. The molecular weight excluding hydrogens is 280 g/mol. The molecule has 1 aromatic carbocycles. The first-order valence-corrected chi connectivity index (χ1v) is 7.06. The van der Waals surface area contributed by atoms with Gasteiger partial charge in [0.15, 0.2) is 0 Å². The Hall–Kier alpha value is -2.47. The zero-order valence-electron chi connectivity index (χ0n) is 13.0. The fourth-order valence-corrected chi connectivity index (χ4v) is 2.32. The lowest BCUT2D eigenvalue weighted by Gasteiger charge is -2.25. The van der Waals surface area contributed by atoms with Crippen molar-refractivity contribution in [3.63, 3.8) is 0 Å². The van der Waals surface area contributed by atoms with E-state index in [2.05, 4.69) is 27.3 Å². The predicted octanol–water partition coefficient (Wildman–Crippen LogP) is 3.01. The molecule has 0 aliphatic rings. The number of nitrogens with zero attached hydrogens (tertiary/aromatic N) is 3. The molecule has 6 nitrogen and oxygen atoms in total. The highest BCUT2D eigenvalue weighted by molar-refractivity contribution is 5.45. The summed E-state index contributed by atoms with van der Waals surface area (Å²) in [4.78, 5) is 16.8. The molecular formula is C16H20N4O2. The van der Waals surface area contributed by atoms with Crippen molar-refractivity contribution in [3.05, 3.63) is 63.8 Å². The fourth-order valence-electron chi connectivity index (χ4n) is 2.32. The molecule has 0 bridgehead atoms. The van der Waals surface area contributed by atoms with E-state index < -0.39 is 4.92 Å². The lowest BCUT2D eigenvalue weighted by Crippen LogP contribution is -2.27. The maximum absolute atomic E-state index is 10.8. The van der Waals surface area contributed by atoms with Crippen LogP contribution in [0.2, 0.25) is 0 Å². The number of hydrogen-bond acceptors (Lipinski definition) is 5. The van der Waals surface area contributed by atoms with Crippen LogP contribution in [0.4, 0.5) is 11.5 Å². The first-order valence-electron chi connectivity index (χ1n) is 7.06. The number of anilines is 1. The lowest BCUT2D eigenvalue weighted by atomic mass is 10.1. The number of hydrogen-bond donors (Lipinski definition) is 1. The number of benzene rings is 1. The van der Waals surface area contributed by atoms with Crippen molar-refractivity contribution in [1.82, 2.24) is 9.88 Å². The van der Waals surface area contributed by atoms with Gasteiger partial charge in [0.05, 0.1) is 11.0 Å². The first kappa shape index (κ1) is 15.9. The number of aryl methyl sites for hydroxylation is 1. The van der Waals surface area contributed by atoms with E-state index in [1.807, 2.05) is 32.3 Å². The van der Waals surface area contributed by atoms with E-state index in [9.17, 15) is 10.1 Å². The van der Waals surface area contributed by atoms with Crippen LogP contribution >= 0.6 is 0 Å². The Morgan fingerprint density at radius 3 is 2.45 bits per heavy atom. The van der Waals surface area contributed by atoms with Gasteiger partial charge < -0.3 is 10.2 Å². The van der Waals surface area contributed by atoms with Gasteiger partial charge in [0.1, 0.15) is 11.5 Å². The average Bonchev–Trinajstić information content (AvgIpc) is 2.48. The smallest absolute Gasteiger partial charge is 0.290 e. The van der Waals surface area contributed by atoms with Crippen molar-refractivity contribution < 1.29 is 4.92 Å². The summed E-state index contributed by atoms with van der Waals surface area (Å²) < 4.78 is 0. The zero-order chi connectivity index (χ0) is 16.1. The van der Waals surface area contributed by atoms with Crippen molar-refractivity contribution in [1.29, 1.82) is 0 Å². The highest BCUT2D eigenvalue weighted by atomic mass is 16.6. The molecule has 0 spiro atoms. The van der Waals surface area contributed by atoms with Gasteiger partial charge in [-0.3, -0.25) is 10.1 Å². The Morgan fingerprint density at radius 1 is 1.23 bits per heavy atom. The van der Waals surface area contributed by atoms with E-state index in [0.29, 0.717) is 18.1 Å². The normalized spacial score (nSPS) is 12.2. The van der Waals surface area contributed by atoms with Crippen LogP contribution in [0.5, 0.6) is 0 Å². The molecule has 2 rings (SSSR count). The third kappa shape index (κ3) is 3.79. The standard InChI is InChI=1S/C16H20N4O2/c1-12-14(20(21)22)9-10-16(18-12)17-11-15(19(2)3)13-7-5-4-6-8-13/h4-10,15H,11H2,1-3H3,(H,17,18). The molecule has 1 aromatic heterocycles. The molecule has 0 radical (unpaired) electrons. The van der Waals surface area contributed by atoms with Crippen LogP contribution in [-0.2, 0) is 0 Å². The molecule has 0 amide bonds. The van der Waals surface area contributed by atoms with Crippen molar-refractivity contribution in [2.24, 2.45) is 0 Å². The monoisotopic (exact) mass is 300 g/mol. The van der Waals surface area contributed by atoms with E-state index in [1.165, 1.54) is 11.6 Å². The predicted molar refractivity (Wildman–Crippen MR) is 87.0 cm³/mol. The zero-order valence-corrected chi connectivity index (χ0v) is 13.0. The van der Waals surface area contributed by atoms with Gasteiger partial charge in [-0.15, -0.1) is 0 Å². The third-order valence-corrected chi connectivity index (χ3v) is 3.54. The van der Waals surface area contributed by atoms with E-state index in [4.69, 9.17) is 0 Å². The topological polar surface area (TPSA) is 71.3 Å². The summed E-state index contributed by atoms with van der Waals surface area (Å²) in [6.07, 6.45) is 0. The van der Waals surface area contributed by atoms with Crippen LogP contribution in [0.15, 0.2) is 42.5 Å². The quantitative estimate of drug-likeness (QED) is 0.656. The number of likely N-dealkylation sites (N-methyl/N-ethyl adjacent to an activating group) is 1. The van der Waals surface area contributed by atoms with Gasteiger partial charge in [-0.2, -0.15) is 0 Å². The van der Waals surface area contributed by atoms with Crippen molar-refractivity contribution in [2.75, 3.05) is 26.0 Å². The minimum absolute atomic E-state index is 0.0396. The molecule has 22 heavy (non-hydrogen) atoms. The van der Waals surface area contributed by atoms with E-state index in [0.717, 1.165) is 0 Å². The van der Waals surface area contributed by atoms with Crippen LogP contribution in [0.3, 0.4) is 0 Å². The summed E-state index contributed by atoms with van der Waals surface area (Å²) in [5.74, 6) is 0.644. The Balaban J connectivity index is 2.10. The van der Waals surface area contributed by atoms with Crippen molar-refractivity contribution >= 4 is 11.5 Å². The maximum atomic E-state index is 10.8. The number of nitrogens with one attached hydrogen (secondary N) is 1. The second-order valence-electron chi connectivity index (χ2n) is 5.33. The van der Waals surface area contributed by atoms with Gasteiger partial charge in [-0.1, -0.05) is 30.3 Å². The molecule has 1 atom stereocenters. The minimum atomic E-state index is -0.418. The van der Waals surface area contributed by atoms with Crippen LogP contribution < -0.4 is 5.32 Å². The summed E-state index contributed by atoms with van der Waals surface area (Å²) >= 11 is 0. The summed E-state index contributed by atoms with van der Waals surface area (Å²) in [7, 11) is 4.04. The number of aromatic nitrogens is 1. The Morgan fingerprint density at radius 2 is 1.91 bits per heavy atom. The number of nitro groups is 1. The van der Waals surface area contributed by atoms with Crippen LogP contribution in [-0.4, -0.2) is 35.4 Å².